The van der Waals surface area contributed by atoms with Crippen LogP contribution in [0.5, 0.6) is 0 Å². The average Bonchev–Trinajstić information content (AvgIpc) is 2.41. The zero-order valence-electron chi connectivity index (χ0n) is 10.5. The minimum Gasteiger partial charge on any atom is -0.319 e. The van der Waals surface area contributed by atoms with Crippen LogP contribution >= 0.6 is 0 Å². The van der Waals surface area contributed by atoms with E-state index in [1.165, 1.54) is 6.20 Å². The highest BCUT2D eigenvalue weighted by Gasteiger charge is 2.29. The van der Waals surface area contributed by atoms with E-state index in [1.54, 1.807) is 22.6 Å². The standard InChI is InChI=1S/C12H19N3O2S/c1-13-9-11-4-7-15(8-5-11)18(16,17)12-3-2-6-14-10-12/h2-3,6,10-11,13H,4-5,7-9H2,1H3. The minimum absolute atomic E-state index is 0.289. The zero-order valence-corrected chi connectivity index (χ0v) is 11.4. The fourth-order valence-electron chi connectivity index (χ4n) is 2.29. The molecule has 1 saturated heterocycles. The zero-order chi connectivity index (χ0) is 13.0. The number of aromatic nitrogens is 1. The number of pyridine rings is 1. The van der Waals surface area contributed by atoms with Gasteiger partial charge in [0.05, 0.1) is 0 Å². The van der Waals surface area contributed by atoms with E-state index in [1.807, 2.05) is 7.05 Å². The Balaban J connectivity index is 2.05. The molecule has 5 nitrogen and oxygen atoms in total. The molecular formula is C12H19N3O2S. The third kappa shape index (κ3) is 2.88. The smallest absolute Gasteiger partial charge is 0.244 e. The van der Waals surface area contributed by atoms with Crippen LogP contribution in [0.25, 0.3) is 0 Å². The molecule has 18 heavy (non-hydrogen) atoms. The van der Waals surface area contributed by atoms with Crippen LogP contribution in [0.15, 0.2) is 29.4 Å². The fraction of sp³-hybridized carbons (Fsp3) is 0.583. The first-order chi connectivity index (χ1) is 8.64. The summed E-state index contributed by atoms with van der Waals surface area (Å²) >= 11 is 0. The van der Waals surface area contributed by atoms with Crippen LogP contribution in [0, 0.1) is 5.92 Å². The fourth-order valence-corrected chi connectivity index (χ4v) is 3.73. The molecule has 1 N–H and O–H groups in total. The Labute approximate surface area is 108 Å². The number of hydrogen-bond acceptors (Lipinski definition) is 4. The minimum atomic E-state index is -3.35. The van der Waals surface area contributed by atoms with E-state index in [0.29, 0.717) is 19.0 Å². The summed E-state index contributed by atoms with van der Waals surface area (Å²) in [7, 11) is -1.42. The monoisotopic (exact) mass is 269 g/mol. The number of rotatable bonds is 4. The van der Waals surface area contributed by atoms with Crippen molar-refractivity contribution in [3.8, 4) is 0 Å². The Bertz CT molecular complexity index is 467. The van der Waals surface area contributed by atoms with Gasteiger partial charge in [0, 0.05) is 25.5 Å². The molecule has 2 heterocycles. The molecule has 2 rings (SSSR count). The Morgan fingerprint density at radius 2 is 2.17 bits per heavy atom. The van der Waals surface area contributed by atoms with Crippen LogP contribution in [0.2, 0.25) is 0 Å². The molecule has 0 atom stereocenters. The Hall–Kier alpha value is -0.980. The van der Waals surface area contributed by atoms with Gasteiger partial charge in [-0.2, -0.15) is 4.31 Å². The summed E-state index contributed by atoms with van der Waals surface area (Å²) in [5.41, 5.74) is 0. The van der Waals surface area contributed by atoms with Crippen molar-refractivity contribution in [3.05, 3.63) is 24.5 Å². The molecule has 1 fully saturated rings. The lowest BCUT2D eigenvalue weighted by Gasteiger charge is -2.30. The predicted molar refractivity (Wildman–Crippen MR) is 69.6 cm³/mol. The van der Waals surface area contributed by atoms with Gasteiger partial charge >= 0.3 is 0 Å². The van der Waals surface area contributed by atoms with E-state index in [2.05, 4.69) is 10.3 Å². The van der Waals surface area contributed by atoms with Gasteiger partial charge in [-0.05, 0) is 44.5 Å². The molecule has 0 unspecified atom stereocenters. The predicted octanol–water partition coefficient (Wildman–Crippen LogP) is 0.702. The number of hydrogen-bond donors (Lipinski definition) is 1. The van der Waals surface area contributed by atoms with Gasteiger partial charge < -0.3 is 5.32 Å². The van der Waals surface area contributed by atoms with Crippen molar-refractivity contribution in [1.29, 1.82) is 0 Å². The molecular weight excluding hydrogens is 250 g/mol. The third-order valence-corrected chi connectivity index (χ3v) is 5.22. The highest BCUT2D eigenvalue weighted by atomic mass is 32.2. The van der Waals surface area contributed by atoms with Crippen LogP contribution in [-0.4, -0.2) is 44.4 Å². The van der Waals surface area contributed by atoms with Crippen molar-refractivity contribution in [2.24, 2.45) is 5.92 Å². The summed E-state index contributed by atoms with van der Waals surface area (Å²) in [6.45, 7) is 2.16. The van der Waals surface area contributed by atoms with E-state index in [-0.39, 0.29) is 4.90 Å². The molecule has 0 amide bonds. The van der Waals surface area contributed by atoms with Gasteiger partial charge in [0.1, 0.15) is 4.90 Å². The molecule has 1 aromatic heterocycles. The Morgan fingerprint density at radius 1 is 1.44 bits per heavy atom. The molecule has 0 radical (unpaired) electrons. The lowest BCUT2D eigenvalue weighted by Crippen LogP contribution is -2.40. The van der Waals surface area contributed by atoms with Crippen LogP contribution in [0.1, 0.15) is 12.8 Å². The van der Waals surface area contributed by atoms with Crippen molar-refractivity contribution in [1.82, 2.24) is 14.6 Å². The lowest BCUT2D eigenvalue weighted by molar-refractivity contribution is 0.270. The van der Waals surface area contributed by atoms with Crippen LogP contribution in [0.3, 0.4) is 0 Å². The maximum Gasteiger partial charge on any atom is 0.244 e. The normalized spacial score (nSPS) is 18.9. The highest BCUT2D eigenvalue weighted by Crippen LogP contribution is 2.22. The van der Waals surface area contributed by atoms with Gasteiger partial charge in [-0.25, -0.2) is 8.42 Å². The topological polar surface area (TPSA) is 62.3 Å². The molecule has 1 aliphatic heterocycles. The van der Waals surface area contributed by atoms with E-state index in [0.717, 1.165) is 19.4 Å². The molecule has 0 spiro atoms. The van der Waals surface area contributed by atoms with Gasteiger partial charge in [-0.3, -0.25) is 4.98 Å². The summed E-state index contributed by atoms with van der Waals surface area (Å²) in [5.74, 6) is 0.579. The lowest BCUT2D eigenvalue weighted by atomic mass is 9.98. The van der Waals surface area contributed by atoms with E-state index >= 15 is 0 Å². The van der Waals surface area contributed by atoms with Crippen molar-refractivity contribution in [2.45, 2.75) is 17.7 Å². The maximum atomic E-state index is 12.3. The molecule has 6 heteroatoms. The van der Waals surface area contributed by atoms with Gasteiger partial charge in [0.2, 0.25) is 10.0 Å². The summed E-state index contributed by atoms with van der Waals surface area (Å²) in [5, 5.41) is 3.14. The maximum absolute atomic E-state index is 12.3. The van der Waals surface area contributed by atoms with Crippen LogP contribution < -0.4 is 5.32 Å². The highest BCUT2D eigenvalue weighted by molar-refractivity contribution is 7.89. The van der Waals surface area contributed by atoms with Gasteiger partial charge in [0.25, 0.3) is 0 Å². The summed E-state index contributed by atoms with van der Waals surface area (Å²) in [4.78, 5) is 4.16. The quantitative estimate of drug-likeness (QED) is 0.874. The van der Waals surface area contributed by atoms with E-state index in [4.69, 9.17) is 0 Å². The van der Waals surface area contributed by atoms with E-state index < -0.39 is 10.0 Å². The number of nitrogens with one attached hydrogen (secondary N) is 1. The molecule has 100 valence electrons. The Morgan fingerprint density at radius 3 is 2.72 bits per heavy atom. The second-order valence-corrected chi connectivity index (χ2v) is 6.53. The van der Waals surface area contributed by atoms with Crippen molar-refractivity contribution < 1.29 is 8.42 Å². The van der Waals surface area contributed by atoms with E-state index in [9.17, 15) is 8.42 Å². The van der Waals surface area contributed by atoms with Crippen LogP contribution in [-0.2, 0) is 10.0 Å². The molecule has 0 aliphatic carbocycles. The molecule has 0 bridgehead atoms. The first kappa shape index (κ1) is 13.5. The number of sulfonamides is 1. The molecule has 1 aromatic rings. The molecule has 1 aliphatic rings. The van der Waals surface area contributed by atoms with Gasteiger partial charge in [-0.15, -0.1) is 0 Å². The van der Waals surface area contributed by atoms with Crippen molar-refractivity contribution >= 4 is 10.0 Å². The number of nitrogens with zero attached hydrogens (tertiary/aromatic N) is 2. The number of piperidine rings is 1. The largest absolute Gasteiger partial charge is 0.319 e. The molecule has 0 saturated carbocycles. The van der Waals surface area contributed by atoms with Crippen molar-refractivity contribution in [3.63, 3.8) is 0 Å². The first-order valence-corrected chi connectivity index (χ1v) is 7.63. The van der Waals surface area contributed by atoms with Gasteiger partial charge in [0.15, 0.2) is 0 Å². The van der Waals surface area contributed by atoms with Gasteiger partial charge in [-0.1, -0.05) is 0 Å². The average molecular weight is 269 g/mol. The summed E-state index contributed by atoms with van der Waals surface area (Å²) in [6, 6.07) is 3.25. The summed E-state index contributed by atoms with van der Waals surface area (Å²) in [6.07, 6.45) is 4.83. The second-order valence-electron chi connectivity index (χ2n) is 4.59. The summed E-state index contributed by atoms with van der Waals surface area (Å²) < 4.78 is 26.2. The van der Waals surface area contributed by atoms with Crippen molar-refractivity contribution in [2.75, 3.05) is 26.7 Å². The SMILES string of the molecule is CNCC1CCN(S(=O)(=O)c2cccnc2)CC1. The third-order valence-electron chi connectivity index (χ3n) is 3.34. The van der Waals surface area contributed by atoms with Crippen LogP contribution in [0.4, 0.5) is 0 Å². The Kier molecular flexibility index (Phi) is 4.31. The second kappa shape index (κ2) is 5.77. The first-order valence-electron chi connectivity index (χ1n) is 6.19. The molecule has 0 aromatic carbocycles.